The first-order valence-corrected chi connectivity index (χ1v) is 6.53. The van der Waals surface area contributed by atoms with Crippen molar-refractivity contribution in [3.63, 3.8) is 0 Å². The van der Waals surface area contributed by atoms with Gasteiger partial charge in [0, 0.05) is 6.07 Å². The van der Waals surface area contributed by atoms with Gasteiger partial charge in [-0.05, 0) is 12.5 Å². The summed E-state index contributed by atoms with van der Waals surface area (Å²) in [5, 5.41) is 0. The molecule has 0 aliphatic carbocycles. The lowest BCUT2D eigenvalue weighted by molar-refractivity contribution is 0.540. The fourth-order valence-electron chi connectivity index (χ4n) is 1.24. The van der Waals surface area contributed by atoms with Gasteiger partial charge in [0.05, 0.1) is 11.7 Å². The summed E-state index contributed by atoms with van der Waals surface area (Å²) in [6.07, 6.45) is 5.45. The number of hydrogen-bond donors (Lipinski definition) is 2. The normalized spacial score (nSPS) is 13.0. The molecule has 0 bridgehead atoms. The molecule has 7 heteroatoms. The van der Waals surface area contributed by atoms with E-state index in [4.69, 9.17) is 12.2 Å². The van der Waals surface area contributed by atoms with Gasteiger partial charge in [0.25, 0.3) is 0 Å². The third-order valence-electron chi connectivity index (χ3n) is 2.25. The van der Waals surface area contributed by atoms with Crippen molar-refractivity contribution in [2.24, 2.45) is 0 Å². The van der Waals surface area contributed by atoms with Crippen molar-refractivity contribution in [1.82, 2.24) is 4.72 Å². The van der Waals surface area contributed by atoms with E-state index in [0.717, 1.165) is 6.07 Å². The molecule has 0 radical (unpaired) electrons. The second-order valence-corrected chi connectivity index (χ2v) is 5.24. The molecular weight excluding hydrogens is 262 g/mol. The Morgan fingerprint density at radius 1 is 1.44 bits per heavy atom. The Labute approximate surface area is 104 Å². The van der Waals surface area contributed by atoms with E-state index < -0.39 is 38.3 Å². The third kappa shape index (κ3) is 2.97. The molecule has 1 aromatic rings. The van der Waals surface area contributed by atoms with Crippen LogP contribution in [0.3, 0.4) is 0 Å². The van der Waals surface area contributed by atoms with E-state index in [9.17, 15) is 17.2 Å². The monoisotopic (exact) mass is 274 g/mol. The molecule has 98 valence electrons. The third-order valence-corrected chi connectivity index (χ3v) is 3.73. The summed E-state index contributed by atoms with van der Waals surface area (Å²) in [6, 6.07) is 0.373. The predicted molar refractivity (Wildman–Crippen MR) is 64.0 cm³/mol. The lowest BCUT2D eigenvalue weighted by Crippen LogP contribution is -2.33. The molecule has 18 heavy (non-hydrogen) atoms. The van der Waals surface area contributed by atoms with Crippen LogP contribution < -0.4 is 10.5 Å². The zero-order valence-corrected chi connectivity index (χ0v) is 10.4. The van der Waals surface area contributed by atoms with E-state index in [1.807, 2.05) is 0 Å². The van der Waals surface area contributed by atoms with Crippen molar-refractivity contribution in [3.8, 4) is 12.3 Å². The maximum atomic E-state index is 13.4. The molecule has 0 aromatic heterocycles. The molecule has 1 atom stereocenters. The molecular formula is C11H12F2N2O2S. The largest absolute Gasteiger partial charge is 0.396 e. The van der Waals surface area contributed by atoms with Crippen LogP contribution in [0.25, 0.3) is 0 Å². The number of sulfonamides is 1. The Morgan fingerprint density at radius 3 is 2.56 bits per heavy atom. The van der Waals surface area contributed by atoms with E-state index in [-0.39, 0.29) is 0 Å². The van der Waals surface area contributed by atoms with Gasteiger partial charge in [-0.15, -0.1) is 6.42 Å². The van der Waals surface area contributed by atoms with Crippen LogP contribution in [0.5, 0.6) is 0 Å². The van der Waals surface area contributed by atoms with Gasteiger partial charge in [-0.1, -0.05) is 12.8 Å². The standard InChI is InChI=1S/C11H12F2N2O2S/c1-3-7(4-2)15-18(16,17)11-6-10(14)8(12)5-9(11)13/h1,5-7,15H,4,14H2,2H3. The number of benzene rings is 1. The Bertz CT molecular complexity index is 594. The lowest BCUT2D eigenvalue weighted by atomic mass is 10.3. The van der Waals surface area contributed by atoms with Crippen LogP contribution in [0.2, 0.25) is 0 Å². The maximum Gasteiger partial charge on any atom is 0.244 e. The summed E-state index contributed by atoms with van der Waals surface area (Å²) in [6.45, 7) is 1.67. The number of nitrogen functional groups attached to an aromatic ring is 1. The maximum absolute atomic E-state index is 13.4. The second kappa shape index (κ2) is 5.33. The number of anilines is 1. The van der Waals surface area contributed by atoms with E-state index in [2.05, 4.69) is 10.6 Å². The average Bonchev–Trinajstić information content (AvgIpc) is 2.30. The van der Waals surface area contributed by atoms with E-state index in [0.29, 0.717) is 12.5 Å². The van der Waals surface area contributed by atoms with Crippen LogP contribution in [0.15, 0.2) is 17.0 Å². The van der Waals surface area contributed by atoms with Crippen molar-refractivity contribution >= 4 is 15.7 Å². The summed E-state index contributed by atoms with van der Waals surface area (Å²) >= 11 is 0. The molecule has 1 aromatic carbocycles. The van der Waals surface area contributed by atoms with Gasteiger partial charge in [-0.2, -0.15) is 4.72 Å². The number of halogens is 2. The fourth-order valence-corrected chi connectivity index (χ4v) is 2.57. The summed E-state index contributed by atoms with van der Waals surface area (Å²) < 4.78 is 52.1. The number of hydrogen-bond acceptors (Lipinski definition) is 3. The van der Waals surface area contributed by atoms with E-state index in [1.54, 1.807) is 6.92 Å². The second-order valence-electron chi connectivity index (χ2n) is 3.55. The molecule has 0 fully saturated rings. The van der Waals surface area contributed by atoms with Gasteiger partial charge >= 0.3 is 0 Å². The molecule has 0 heterocycles. The minimum Gasteiger partial charge on any atom is -0.396 e. The first kappa shape index (κ1) is 14.4. The van der Waals surface area contributed by atoms with Crippen molar-refractivity contribution < 1.29 is 17.2 Å². The summed E-state index contributed by atoms with van der Waals surface area (Å²) in [5.74, 6) is -0.0343. The van der Waals surface area contributed by atoms with Crippen molar-refractivity contribution in [2.45, 2.75) is 24.3 Å². The summed E-state index contributed by atoms with van der Waals surface area (Å²) in [5.41, 5.74) is 4.75. The van der Waals surface area contributed by atoms with Crippen LogP contribution in [-0.2, 0) is 10.0 Å². The molecule has 0 aliphatic heterocycles. The van der Waals surface area contributed by atoms with Gasteiger partial charge in [0.1, 0.15) is 16.5 Å². The van der Waals surface area contributed by atoms with E-state index in [1.165, 1.54) is 0 Å². The van der Waals surface area contributed by atoms with Crippen LogP contribution in [0.1, 0.15) is 13.3 Å². The molecule has 0 saturated carbocycles. The highest BCUT2D eigenvalue weighted by Gasteiger charge is 2.23. The number of rotatable bonds is 4. The first-order valence-electron chi connectivity index (χ1n) is 5.04. The van der Waals surface area contributed by atoms with Gasteiger partial charge in [-0.25, -0.2) is 17.2 Å². The average molecular weight is 274 g/mol. The Kier molecular flexibility index (Phi) is 4.27. The molecule has 1 rings (SSSR count). The smallest absolute Gasteiger partial charge is 0.244 e. The predicted octanol–water partition coefficient (Wildman–Crippen LogP) is 1.24. The number of nitrogens with one attached hydrogen (secondary N) is 1. The molecule has 0 spiro atoms. The Morgan fingerprint density at radius 2 is 2.06 bits per heavy atom. The SMILES string of the molecule is C#CC(CC)NS(=O)(=O)c1cc(N)c(F)cc1F. The molecule has 1 unspecified atom stereocenters. The highest BCUT2D eigenvalue weighted by Crippen LogP contribution is 2.21. The van der Waals surface area contributed by atoms with E-state index >= 15 is 0 Å². The van der Waals surface area contributed by atoms with Crippen molar-refractivity contribution in [2.75, 3.05) is 5.73 Å². The number of terminal acetylenes is 1. The van der Waals surface area contributed by atoms with Crippen LogP contribution >= 0.6 is 0 Å². The molecule has 3 N–H and O–H groups in total. The zero-order valence-electron chi connectivity index (χ0n) is 9.57. The van der Waals surface area contributed by atoms with Crippen LogP contribution in [0, 0.1) is 24.0 Å². The minimum atomic E-state index is -4.17. The quantitative estimate of drug-likeness (QED) is 0.641. The van der Waals surface area contributed by atoms with Crippen LogP contribution in [0.4, 0.5) is 14.5 Å². The molecule has 4 nitrogen and oxygen atoms in total. The molecule has 0 aliphatic rings. The van der Waals surface area contributed by atoms with Gasteiger partial charge < -0.3 is 5.73 Å². The molecule has 0 amide bonds. The molecule has 0 saturated heterocycles. The zero-order chi connectivity index (χ0) is 13.9. The minimum absolute atomic E-state index is 0.341. The lowest BCUT2D eigenvalue weighted by Gasteiger charge is -2.12. The Hall–Kier alpha value is -1.65. The fraction of sp³-hybridized carbons (Fsp3) is 0.273. The van der Waals surface area contributed by atoms with Crippen molar-refractivity contribution in [1.29, 1.82) is 0 Å². The van der Waals surface area contributed by atoms with Gasteiger partial charge in [0.15, 0.2) is 0 Å². The number of nitrogens with two attached hydrogens (primary N) is 1. The summed E-state index contributed by atoms with van der Waals surface area (Å²) in [7, 11) is -4.17. The van der Waals surface area contributed by atoms with Gasteiger partial charge in [0.2, 0.25) is 10.0 Å². The topological polar surface area (TPSA) is 72.2 Å². The highest BCUT2D eigenvalue weighted by atomic mass is 32.2. The first-order chi connectivity index (χ1) is 8.31. The van der Waals surface area contributed by atoms with Gasteiger partial charge in [-0.3, -0.25) is 0 Å². The van der Waals surface area contributed by atoms with Crippen LogP contribution in [-0.4, -0.2) is 14.5 Å². The highest BCUT2D eigenvalue weighted by molar-refractivity contribution is 7.89. The van der Waals surface area contributed by atoms with Crippen molar-refractivity contribution in [3.05, 3.63) is 23.8 Å². The summed E-state index contributed by atoms with van der Waals surface area (Å²) in [4.78, 5) is -0.727. The Balaban J connectivity index is 3.22.